The normalized spacial score (nSPS) is 15.8. The first-order chi connectivity index (χ1) is 7.45. The van der Waals surface area contributed by atoms with Crippen molar-refractivity contribution in [1.29, 1.82) is 0 Å². The molecule has 2 atom stereocenters. The van der Waals surface area contributed by atoms with Gasteiger partial charge in [0.05, 0.1) is 0 Å². The highest BCUT2D eigenvalue weighted by molar-refractivity contribution is 4.75. The lowest BCUT2D eigenvalue weighted by molar-refractivity contribution is 0.179. The van der Waals surface area contributed by atoms with Crippen LogP contribution in [0, 0.1) is 5.92 Å². The molecule has 0 aliphatic rings. The third-order valence-electron chi connectivity index (χ3n) is 2.62. The van der Waals surface area contributed by atoms with Gasteiger partial charge >= 0.3 is 0 Å². The summed E-state index contributed by atoms with van der Waals surface area (Å²) in [4.78, 5) is 2.25. The van der Waals surface area contributed by atoms with Crippen LogP contribution in [0.3, 0.4) is 0 Å². The molecule has 0 bridgehead atoms. The van der Waals surface area contributed by atoms with E-state index in [1.165, 1.54) is 6.42 Å². The Morgan fingerprint density at radius 3 is 2.25 bits per heavy atom. The number of nitrogens with zero attached hydrogens (tertiary/aromatic N) is 1. The van der Waals surface area contributed by atoms with Gasteiger partial charge in [0.1, 0.15) is 0 Å². The Balaban J connectivity index is 3.98. The zero-order chi connectivity index (χ0) is 12.6. The molecule has 0 aromatic rings. The van der Waals surface area contributed by atoms with Crippen molar-refractivity contribution in [3.63, 3.8) is 0 Å². The summed E-state index contributed by atoms with van der Waals surface area (Å²) in [5, 5.41) is 3.69. The van der Waals surface area contributed by atoms with Crippen molar-refractivity contribution in [2.45, 2.75) is 45.7 Å². The lowest BCUT2D eigenvalue weighted by Gasteiger charge is -2.27. The Morgan fingerprint density at radius 2 is 1.81 bits per heavy atom. The van der Waals surface area contributed by atoms with Gasteiger partial charge in [-0.15, -0.1) is 0 Å². The molecule has 0 heterocycles. The first kappa shape index (κ1) is 15.9. The summed E-state index contributed by atoms with van der Waals surface area (Å²) in [5.41, 5.74) is 0. The van der Waals surface area contributed by atoms with Gasteiger partial charge in [0.25, 0.3) is 0 Å². The third-order valence-corrected chi connectivity index (χ3v) is 2.62. The Labute approximate surface area is 102 Å². The highest BCUT2D eigenvalue weighted by Gasteiger charge is 2.14. The van der Waals surface area contributed by atoms with Crippen molar-refractivity contribution in [1.82, 2.24) is 10.2 Å². The first-order valence-corrected chi connectivity index (χ1v) is 6.35. The van der Waals surface area contributed by atoms with Crippen molar-refractivity contribution in [3.8, 4) is 0 Å². The van der Waals surface area contributed by atoms with Crippen LogP contribution in [0.4, 0.5) is 0 Å². The number of hydrogen-bond acceptors (Lipinski definition) is 3. The van der Waals surface area contributed by atoms with Crippen LogP contribution in [0.2, 0.25) is 0 Å². The van der Waals surface area contributed by atoms with Crippen LogP contribution in [-0.4, -0.2) is 51.3 Å². The molecular weight excluding hydrogens is 200 g/mol. The number of rotatable bonds is 9. The molecular formula is C13H30N2O. The number of methoxy groups -OCH3 is 1. The van der Waals surface area contributed by atoms with E-state index >= 15 is 0 Å². The average Bonchev–Trinajstić information content (AvgIpc) is 2.12. The SMILES string of the molecule is COCCC(C)NC(CC(C)C)CN(C)C. The summed E-state index contributed by atoms with van der Waals surface area (Å²) >= 11 is 0. The maximum atomic E-state index is 5.11. The van der Waals surface area contributed by atoms with E-state index in [-0.39, 0.29) is 0 Å². The highest BCUT2D eigenvalue weighted by atomic mass is 16.5. The van der Waals surface area contributed by atoms with Crippen LogP contribution in [-0.2, 0) is 4.74 Å². The van der Waals surface area contributed by atoms with Crippen LogP contribution < -0.4 is 5.32 Å². The Bertz CT molecular complexity index is 150. The summed E-state index contributed by atoms with van der Waals surface area (Å²) in [6, 6.07) is 1.12. The second-order valence-electron chi connectivity index (χ2n) is 5.44. The molecule has 3 nitrogen and oxygen atoms in total. The van der Waals surface area contributed by atoms with Crippen molar-refractivity contribution in [2.75, 3.05) is 34.4 Å². The second kappa shape index (κ2) is 8.97. The molecule has 0 spiro atoms. The molecule has 16 heavy (non-hydrogen) atoms. The van der Waals surface area contributed by atoms with Gasteiger partial charge < -0.3 is 15.0 Å². The van der Waals surface area contributed by atoms with Crippen molar-refractivity contribution in [3.05, 3.63) is 0 Å². The summed E-state index contributed by atoms with van der Waals surface area (Å²) in [5.74, 6) is 0.743. The minimum Gasteiger partial charge on any atom is -0.385 e. The predicted octanol–water partition coefficient (Wildman–Crippen LogP) is 1.98. The van der Waals surface area contributed by atoms with Gasteiger partial charge in [0.2, 0.25) is 0 Å². The number of likely N-dealkylation sites (N-methyl/N-ethyl adjacent to an activating group) is 1. The number of nitrogens with one attached hydrogen (secondary N) is 1. The third kappa shape index (κ3) is 9.13. The molecule has 2 unspecified atom stereocenters. The smallest absolute Gasteiger partial charge is 0.0476 e. The summed E-state index contributed by atoms with van der Waals surface area (Å²) < 4.78 is 5.11. The fourth-order valence-electron chi connectivity index (χ4n) is 1.99. The average molecular weight is 230 g/mol. The van der Waals surface area contributed by atoms with Crippen molar-refractivity contribution >= 4 is 0 Å². The lowest BCUT2D eigenvalue weighted by atomic mass is 10.0. The van der Waals surface area contributed by atoms with E-state index in [1.807, 2.05) is 0 Å². The van der Waals surface area contributed by atoms with E-state index < -0.39 is 0 Å². The van der Waals surface area contributed by atoms with Crippen LogP contribution in [0.25, 0.3) is 0 Å². The van der Waals surface area contributed by atoms with Gasteiger partial charge in [-0.2, -0.15) is 0 Å². The second-order valence-corrected chi connectivity index (χ2v) is 5.44. The van der Waals surface area contributed by atoms with Gasteiger partial charge in [0.15, 0.2) is 0 Å². The van der Waals surface area contributed by atoms with Gasteiger partial charge in [-0.05, 0) is 39.8 Å². The quantitative estimate of drug-likeness (QED) is 0.655. The van der Waals surface area contributed by atoms with Crippen LogP contribution in [0.5, 0.6) is 0 Å². The first-order valence-electron chi connectivity index (χ1n) is 6.35. The maximum absolute atomic E-state index is 5.11. The molecule has 3 heteroatoms. The van der Waals surface area contributed by atoms with E-state index in [1.54, 1.807) is 7.11 Å². The monoisotopic (exact) mass is 230 g/mol. The molecule has 0 radical (unpaired) electrons. The molecule has 0 amide bonds. The minimum atomic E-state index is 0.531. The van der Waals surface area contributed by atoms with E-state index in [2.05, 4.69) is 45.1 Å². The summed E-state index contributed by atoms with van der Waals surface area (Å²) in [6.07, 6.45) is 2.31. The van der Waals surface area contributed by atoms with E-state index in [4.69, 9.17) is 4.74 Å². The molecule has 0 fully saturated rings. The Morgan fingerprint density at radius 1 is 1.19 bits per heavy atom. The van der Waals surface area contributed by atoms with Crippen molar-refractivity contribution < 1.29 is 4.74 Å². The largest absolute Gasteiger partial charge is 0.385 e. The van der Waals surface area contributed by atoms with Gasteiger partial charge in [-0.1, -0.05) is 13.8 Å². The zero-order valence-corrected chi connectivity index (χ0v) is 11.9. The highest BCUT2D eigenvalue weighted by Crippen LogP contribution is 2.07. The van der Waals surface area contributed by atoms with Crippen molar-refractivity contribution in [2.24, 2.45) is 5.92 Å². The number of ether oxygens (including phenoxy) is 1. The van der Waals surface area contributed by atoms with Crippen LogP contribution in [0.1, 0.15) is 33.6 Å². The standard InChI is InChI=1S/C13H30N2O/c1-11(2)9-13(10-15(4)5)14-12(3)7-8-16-6/h11-14H,7-10H2,1-6H3. The molecule has 0 aromatic carbocycles. The summed E-state index contributed by atoms with van der Waals surface area (Å²) in [6.45, 7) is 8.75. The molecule has 0 aromatic heterocycles. The fraction of sp³-hybridized carbons (Fsp3) is 1.00. The molecule has 0 saturated heterocycles. The van der Waals surface area contributed by atoms with Gasteiger partial charge in [0, 0.05) is 32.3 Å². The zero-order valence-electron chi connectivity index (χ0n) is 11.9. The lowest BCUT2D eigenvalue weighted by Crippen LogP contribution is -2.43. The fourth-order valence-corrected chi connectivity index (χ4v) is 1.99. The Kier molecular flexibility index (Phi) is 8.90. The molecule has 0 rings (SSSR count). The Hall–Kier alpha value is -0.120. The van der Waals surface area contributed by atoms with Gasteiger partial charge in [-0.25, -0.2) is 0 Å². The van der Waals surface area contributed by atoms with E-state index in [9.17, 15) is 0 Å². The minimum absolute atomic E-state index is 0.531. The van der Waals surface area contributed by atoms with E-state index in [0.29, 0.717) is 12.1 Å². The molecule has 1 N–H and O–H groups in total. The van der Waals surface area contributed by atoms with Crippen LogP contribution in [0.15, 0.2) is 0 Å². The summed E-state index contributed by atoms with van der Waals surface area (Å²) in [7, 11) is 6.03. The molecule has 0 aliphatic heterocycles. The van der Waals surface area contributed by atoms with Gasteiger partial charge in [-0.3, -0.25) is 0 Å². The van der Waals surface area contributed by atoms with Crippen LogP contribution >= 0.6 is 0 Å². The maximum Gasteiger partial charge on any atom is 0.0476 e. The molecule has 0 aliphatic carbocycles. The molecule has 98 valence electrons. The van der Waals surface area contributed by atoms with E-state index in [0.717, 1.165) is 25.5 Å². The molecule has 0 saturated carbocycles. The number of hydrogen-bond donors (Lipinski definition) is 1. The topological polar surface area (TPSA) is 24.5 Å². The predicted molar refractivity (Wildman–Crippen MR) is 70.9 cm³/mol.